The minimum Gasteiger partial charge on any atom is -0.487 e. The van der Waals surface area contributed by atoms with Crippen LogP contribution in [0.5, 0.6) is 5.75 Å². The summed E-state index contributed by atoms with van der Waals surface area (Å²) in [6, 6.07) is 6.75. The molecular formula is C17H14F3N3O2. The Morgan fingerprint density at radius 3 is 2.60 bits per heavy atom. The molecule has 25 heavy (non-hydrogen) atoms. The maximum absolute atomic E-state index is 14.2. The highest BCUT2D eigenvalue weighted by atomic mass is 19.3. The van der Waals surface area contributed by atoms with Gasteiger partial charge in [-0.25, -0.2) is 4.39 Å². The Morgan fingerprint density at radius 1 is 1.16 bits per heavy atom. The SMILES string of the molecule is Cc1ccc(OCc2ncc(-c3nnc(C(F)F)o3)cc2F)c(C)c1. The van der Waals surface area contributed by atoms with E-state index in [4.69, 9.17) is 9.15 Å². The monoisotopic (exact) mass is 349 g/mol. The lowest BCUT2D eigenvalue weighted by Crippen LogP contribution is -2.03. The zero-order valence-electron chi connectivity index (χ0n) is 13.5. The molecule has 0 spiro atoms. The third kappa shape index (κ3) is 3.78. The van der Waals surface area contributed by atoms with E-state index in [1.165, 1.54) is 6.20 Å². The van der Waals surface area contributed by atoms with Gasteiger partial charge in [0.25, 0.3) is 5.89 Å². The maximum atomic E-state index is 14.2. The summed E-state index contributed by atoms with van der Waals surface area (Å²) < 4.78 is 49.5. The Balaban J connectivity index is 1.75. The second-order valence-corrected chi connectivity index (χ2v) is 5.46. The van der Waals surface area contributed by atoms with Crippen LogP contribution in [0.25, 0.3) is 11.5 Å². The van der Waals surface area contributed by atoms with E-state index in [0.717, 1.165) is 17.2 Å². The van der Waals surface area contributed by atoms with Gasteiger partial charge in [-0.3, -0.25) is 4.98 Å². The summed E-state index contributed by atoms with van der Waals surface area (Å²) in [4.78, 5) is 3.96. The first-order valence-electron chi connectivity index (χ1n) is 7.40. The molecule has 0 saturated carbocycles. The standard InChI is InChI=1S/C17H14F3N3O2/c1-9-3-4-14(10(2)5-9)24-8-13-12(18)6-11(7-21-13)16-22-23-17(25-16)15(19)20/h3-7,15H,8H2,1-2H3. The number of aryl methyl sites for hydroxylation is 2. The number of alkyl halides is 2. The van der Waals surface area contributed by atoms with E-state index >= 15 is 0 Å². The second-order valence-electron chi connectivity index (χ2n) is 5.46. The lowest BCUT2D eigenvalue weighted by molar-refractivity contribution is 0.116. The number of aromatic nitrogens is 3. The molecule has 0 aliphatic carbocycles. The number of rotatable bonds is 5. The van der Waals surface area contributed by atoms with E-state index in [2.05, 4.69) is 15.2 Å². The lowest BCUT2D eigenvalue weighted by atomic mass is 10.1. The summed E-state index contributed by atoms with van der Waals surface area (Å²) in [5, 5.41) is 6.65. The molecule has 0 amide bonds. The normalized spacial score (nSPS) is 11.1. The largest absolute Gasteiger partial charge is 0.487 e. The Kier molecular flexibility index (Phi) is 4.69. The number of hydrogen-bond acceptors (Lipinski definition) is 5. The van der Waals surface area contributed by atoms with E-state index in [1.54, 1.807) is 6.07 Å². The maximum Gasteiger partial charge on any atom is 0.314 e. The summed E-state index contributed by atoms with van der Waals surface area (Å²) in [6.45, 7) is 3.79. The summed E-state index contributed by atoms with van der Waals surface area (Å²) in [5.74, 6) is -1.06. The van der Waals surface area contributed by atoms with Crippen LogP contribution in [0, 0.1) is 19.7 Å². The topological polar surface area (TPSA) is 61.0 Å². The van der Waals surface area contributed by atoms with Crippen molar-refractivity contribution in [2.24, 2.45) is 0 Å². The first-order chi connectivity index (χ1) is 11.9. The molecule has 0 unspecified atom stereocenters. The molecule has 1 aromatic carbocycles. The van der Waals surface area contributed by atoms with Crippen molar-refractivity contribution >= 4 is 0 Å². The van der Waals surface area contributed by atoms with Gasteiger partial charge in [0.15, 0.2) is 0 Å². The predicted molar refractivity (Wildman–Crippen MR) is 82.7 cm³/mol. The molecule has 0 fully saturated rings. The van der Waals surface area contributed by atoms with Crippen LogP contribution in [-0.2, 0) is 6.61 Å². The summed E-state index contributed by atoms with van der Waals surface area (Å²) in [7, 11) is 0. The van der Waals surface area contributed by atoms with E-state index in [9.17, 15) is 13.2 Å². The van der Waals surface area contributed by atoms with Gasteiger partial charge < -0.3 is 9.15 Å². The Labute approximate surface area is 141 Å². The van der Waals surface area contributed by atoms with Crippen LogP contribution in [0.2, 0.25) is 0 Å². The van der Waals surface area contributed by atoms with Gasteiger partial charge in [-0.2, -0.15) is 8.78 Å². The van der Waals surface area contributed by atoms with E-state index in [1.807, 2.05) is 26.0 Å². The van der Waals surface area contributed by atoms with Gasteiger partial charge >= 0.3 is 6.43 Å². The van der Waals surface area contributed by atoms with Gasteiger partial charge in [-0.15, -0.1) is 10.2 Å². The van der Waals surface area contributed by atoms with Crippen molar-refractivity contribution in [2.45, 2.75) is 26.9 Å². The predicted octanol–water partition coefficient (Wildman–Crippen LogP) is 4.40. The van der Waals surface area contributed by atoms with Crippen molar-refractivity contribution < 1.29 is 22.3 Å². The Bertz CT molecular complexity index is 897. The van der Waals surface area contributed by atoms with Gasteiger partial charge in [0, 0.05) is 6.20 Å². The average Bonchev–Trinajstić information content (AvgIpc) is 3.05. The molecule has 3 aromatic rings. The van der Waals surface area contributed by atoms with Crippen LogP contribution >= 0.6 is 0 Å². The van der Waals surface area contributed by atoms with Crippen molar-refractivity contribution in [3.63, 3.8) is 0 Å². The van der Waals surface area contributed by atoms with Gasteiger partial charge in [0.2, 0.25) is 5.89 Å². The fourth-order valence-electron chi connectivity index (χ4n) is 2.24. The third-order valence-corrected chi connectivity index (χ3v) is 3.49. The molecule has 3 rings (SSSR count). The number of ether oxygens (including phenoxy) is 1. The van der Waals surface area contributed by atoms with E-state index in [-0.39, 0.29) is 23.8 Å². The zero-order chi connectivity index (χ0) is 18.0. The Hall–Kier alpha value is -2.90. The highest BCUT2D eigenvalue weighted by Crippen LogP contribution is 2.24. The van der Waals surface area contributed by atoms with Crippen molar-refractivity contribution in [3.8, 4) is 17.2 Å². The number of benzene rings is 1. The molecule has 0 bridgehead atoms. The highest BCUT2D eigenvalue weighted by Gasteiger charge is 2.18. The number of nitrogens with zero attached hydrogens (tertiary/aromatic N) is 3. The van der Waals surface area contributed by atoms with E-state index < -0.39 is 18.1 Å². The van der Waals surface area contributed by atoms with Crippen LogP contribution in [-0.4, -0.2) is 15.2 Å². The molecule has 2 heterocycles. The van der Waals surface area contributed by atoms with Crippen molar-refractivity contribution in [2.75, 3.05) is 0 Å². The highest BCUT2D eigenvalue weighted by molar-refractivity contribution is 5.51. The molecule has 0 aliphatic heterocycles. The fourth-order valence-corrected chi connectivity index (χ4v) is 2.24. The van der Waals surface area contributed by atoms with Gasteiger partial charge in [0.1, 0.15) is 23.9 Å². The molecule has 130 valence electrons. The number of hydrogen-bond donors (Lipinski definition) is 0. The number of halogens is 3. The van der Waals surface area contributed by atoms with Crippen LogP contribution in [0.15, 0.2) is 34.9 Å². The minimum atomic E-state index is -2.88. The van der Waals surface area contributed by atoms with Gasteiger partial charge in [0.05, 0.1) is 5.56 Å². The smallest absolute Gasteiger partial charge is 0.314 e. The average molecular weight is 349 g/mol. The molecule has 0 radical (unpaired) electrons. The molecular weight excluding hydrogens is 335 g/mol. The van der Waals surface area contributed by atoms with Crippen molar-refractivity contribution in [1.82, 2.24) is 15.2 Å². The first kappa shape index (κ1) is 16.9. The molecule has 0 atom stereocenters. The Morgan fingerprint density at radius 2 is 1.96 bits per heavy atom. The van der Waals surface area contributed by atoms with Crippen LogP contribution in [0.1, 0.15) is 29.1 Å². The third-order valence-electron chi connectivity index (χ3n) is 3.49. The molecule has 0 aliphatic rings. The van der Waals surface area contributed by atoms with Crippen molar-refractivity contribution in [1.29, 1.82) is 0 Å². The van der Waals surface area contributed by atoms with Gasteiger partial charge in [-0.05, 0) is 31.5 Å². The molecule has 0 saturated heterocycles. The fraction of sp³-hybridized carbons (Fsp3) is 0.235. The van der Waals surface area contributed by atoms with Gasteiger partial charge in [-0.1, -0.05) is 17.7 Å². The quantitative estimate of drug-likeness (QED) is 0.683. The zero-order valence-corrected chi connectivity index (χ0v) is 13.5. The minimum absolute atomic E-state index is 0.0673. The van der Waals surface area contributed by atoms with Crippen LogP contribution in [0.3, 0.4) is 0 Å². The number of pyridine rings is 1. The van der Waals surface area contributed by atoms with Crippen molar-refractivity contribution in [3.05, 3.63) is 59.0 Å². The van der Waals surface area contributed by atoms with Crippen LogP contribution in [0.4, 0.5) is 13.2 Å². The second kappa shape index (κ2) is 6.92. The molecule has 0 N–H and O–H groups in total. The molecule has 5 nitrogen and oxygen atoms in total. The summed E-state index contributed by atoms with van der Waals surface area (Å²) in [5.41, 5.74) is 2.23. The summed E-state index contributed by atoms with van der Waals surface area (Å²) >= 11 is 0. The lowest BCUT2D eigenvalue weighted by Gasteiger charge is -2.10. The molecule has 8 heteroatoms. The molecule has 2 aromatic heterocycles. The first-order valence-corrected chi connectivity index (χ1v) is 7.40. The summed E-state index contributed by atoms with van der Waals surface area (Å²) in [6.07, 6.45) is -1.61. The van der Waals surface area contributed by atoms with E-state index in [0.29, 0.717) is 5.75 Å². The van der Waals surface area contributed by atoms with Crippen LogP contribution < -0.4 is 4.74 Å².